The Balaban J connectivity index is 1.60. The van der Waals surface area contributed by atoms with Gasteiger partial charge in [0.05, 0.1) is 11.3 Å². The normalized spacial score (nSPS) is 18.2. The summed E-state index contributed by atoms with van der Waals surface area (Å²) in [5.74, 6) is 0.320. The van der Waals surface area contributed by atoms with E-state index < -0.39 is 5.60 Å². The van der Waals surface area contributed by atoms with Crippen LogP contribution in [0.2, 0.25) is 0 Å². The molecule has 1 N–H and O–H groups in total. The summed E-state index contributed by atoms with van der Waals surface area (Å²) in [6.45, 7) is 6.60. The maximum absolute atomic E-state index is 10.3. The molecule has 2 heterocycles. The number of benzene rings is 1. The molecule has 0 saturated carbocycles. The minimum atomic E-state index is -0.491. The smallest absolute Gasteiger partial charge is 0.0923 e. The standard InChI is InChI=1S/C16H21N3O/c1-13(2)16(20)11-18(12-16)10-14-4-6-15(7-5-14)19-9-3-8-17-19/h3-9,13,20H,10-12H2,1-2H3. The van der Waals surface area contributed by atoms with E-state index in [4.69, 9.17) is 0 Å². The van der Waals surface area contributed by atoms with Crippen molar-refractivity contribution in [2.45, 2.75) is 26.0 Å². The predicted octanol–water partition coefficient (Wildman–Crippen LogP) is 2.08. The molecule has 0 unspecified atom stereocenters. The summed E-state index contributed by atoms with van der Waals surface area (Å²) < 4.78 is 1.85. The average molecular weight is 271 g/mol. The Bertz CT molecular complexity index is 554. The van der Waals surface area contributed by atoms with Crippen molar-refractivity contribution in [2.75, 3.05) is 13.1 Å². The molecule has 20 heavy (non-hydrogen) atoms. The highest BCUT2D eigenvalue weighted by molar-refractivity contribution is 5.33. The fourth-order valence-electron chi connectivity index (χ4n) is 2.64. The van der Waals surface area contributed by atoms with E-state index in [0.29, 0.717) is 5.92 Å². The summed E-state index contributed by atoms with van der Waals surface area (Å²) in [5.41, 5.74) is 1.85. The van der Waals surface area contributed by atoms with Gasteiger partial charge in [0.1, 0.15) is 0 Å². The minimum Gasteiger partial charge on any atom is -0.387 e. The molecule has 106 valence electrons. The fourth-order valence-corrected chi connectivity index (χ4v) is 2.64. The van der Waals surface area contributed by atoms with Gasteiger partial charge in [-0.25, -0.2) is 4.68 Å². The minimum absolute atomic E-state index is 0.320. The molecule has 4 nitrogen and oxygen atoms in total. The van der Waals surface area contributed by atoms with Crippen molar-refractivity contribution >= 4 is 0 Å². The zero-order valence-corrected chi connectivity index (χ0v) is 12.0. The SMILES string of the molecule is CC(C)C1(O)CN(Cc2ccc(-n3cccn3)cc2)C1. The average Bonchev–Trinajstić information content (AvgIpc) is 2.91. The Morgan fingerprint density at radius 2 is 1.95 bits per heavy atom. The van der Waals surface area contributed by atoms with Crippen LogP contribution in [0.15, 0.2) is 42.7 Å². The van der Waals surface area contributed by atoms with Gasteiger partial charge < -0.3 is 5.11 Å². The molecule has 0 atom stereocenters. The lowest BCUT2D eigenvalue weighted by molar-refractivity contribution is -0.130. The Morgan fingerprint density at radius 1 is 1.25 bits per heavy atom. The van der Waals surface area contributed by atoms with Crippen molar-refractivity contribution in [3.63, 3.8) is 0 Å². The van der Waals surface area contributed by atoms with Crippen LogP contribution in [0, 0.1) is 5.92 Å². The summed E-state index contributed by atoms with van der Waals surface area (Å²) in [7, 11) is 0. The molecule has 4 heteroatoms. The highest BCUT2D eigenvalue weighted by Crippen LogP contribution is 2.29. The summed E-state index contributed by atoms with van der Waals surface area (Å²) in [4.78, 5) is 2.28. The van der Waals surface area contributed by atoms with Crippen molar-refractivity contribution in [3.8, 4) is 5.69 Å². The monoisotopic (exact) mass is 271 g/mol. The van der Waals surface area contributed by atoms with Crippen LogP contribution in [0.3, 0.4) is 0 Å². The molecule has 1 aliphatic rings. The van der Waals surface area contributed by atoms with Crippen LogP contribution in [0.4, 0.5) is 0 Å². The molecular formula is C16H21N3O. The van der Waals surface area contributed by atoms with Crippen LogP contribution in [0.5, 0.6) is 0 Å². The molecule has 0 spiro atoms. The number of likely N-dealkylation sites (tertiary alicyclic amines) is 1. The molecule has 3 rings (SSSR count). The highest BCUT2D eigenvalue weighted by Gasteiger charge is 2.43. The second-order valence-corrected chi connectivity index (χ2v) is 6.02. The van der Waals surface area contributed by atoms with Gasteiger partial charge in [-0.2, -0.15) is 5.10 Å². The van der Waals surface area contributed by atoms with Crippen LogP contribution in [-0.4, -0.2) is 38.5 Å². The Labute approximate surface area is 119 Å². The zero-order valence-electron chi connectivity index (χ0n) is 12.0. The molecular weight excluding hydrogens is 250 g/mol. The van der Waals surface area contributed by atoms with E-state index in [1.807, 2.05) is 16.9 Å². The molecule has 0 amide bonds. The molecule has 1 aliphatic heterocycles. The van der Waals surface area contributed by atoms with E-state index in [2.05, 4.69) is 48.1 Å². The van der Waals surface area contributed by atoms with Crippen LogP contribution in [0.25, 0.3) is 5.69 Å². The Kier molecular flexibility index (Phi) is 3.36. The zero-order chi connectivity index (χ0) is 14.2. The van der Waals surface area contributed by atoms with E-state index in [9.17, 15) is 5.11 Å². The van der Waals surface area contributed by atoms with Gasteiger partial charge >= 0.3 is 0 Å². The van der Waals surface area contributed by atoms with E-state index in [0.717, 1.165) is 25.3 Å². The molecule has 1 aromatic heterocycles. The van der Waals surface area contributed by atoms with Gasteiger partial charge in [0.15, 0.2) is 0 Å². The van der Waals surface area contributed by atoms with E-state index in [1.54, 1.807) is 6.20 Å². The van der Waals surface area contributed by atoms with Crippen molar-refractivity contribution in [1.82, 2.24) is 14.7 Å². The number of aromatic nitrogens is 2. The number of β-amino-alcohol motifs (C(OH)–C–C–N with tert-alkyl or cyclic N) is 1. The fraction of sp³-hybridized carbons (Fsp3) is 0.438. The first-order valence-electron chi connectivity index (χ1n) is 7.10. The largest absolute Gasteiger partial charge is 0.387 e. The second kappa shape index (κ2) is 5.04. The lowest BCUT2D eigenvalue weighted by atomic mass is 9.83. The first-order valence-corrected chi connectivity index (χ1v) is 7.10. The third kappa shape index (κ3) is 2.49. The van der Waals surface area contributed by atoms with Crippen molar-refractivity contribution in [3.05, 3.63) is 48.3 Å². The van der Waals surface area contributed by atoms with Gasteiger partial charge in [0.2, 0.25) is 0 Å². The van der Waals surface area contributed by atoms with E-state index >= 15 is 0 Å². The van der Waals surface area contributed by atoms with E-state index in [1.165, 1.54) is 5.56 Å². The first-order chi connectivity index (χ1) is 9.57. The van der Waals surface area contributed by atoms with Gasteiger partial charge in [-0.15, -0.1) is 0 Å². The Morgan fingerprint density at radius 3 is 2.50 bits per heavy atom. The second-order valence-electron chi connectivity index (χ2n) is 6.02. The van der Waals surface area contributed by atoms with Crippen LogP contribution in [-0.2, 0) is 6.54 Å². The summed E-state index contributed by atoms with van der Waals surface area (Å²) in [6.07, 6.45) is 3.72. The van der Waals surface area contributed by atoms with Crippen molar-refractivity contribution < 1.29 is 5.11 Å². The molecule has 0 aliphatic carbocycles. The number of rotatable bonds is 4. The first kappa shape index (κ1) is 13.3. The van der Waals surface area contributed by atoms with Crippen LogP contribution in [0.1, 0.15) is 19.4 Å². The Hall–Kier alpha value is -1.65. The maximum atomic E-state index is 10.3. The molecule has 1 aromatic carbocycles. The molecule has 1 fully saturated rings. The third-order valence-corrected chi connectivity index (χ3v) is 4.18. The third-order valence-electron chi connectivity index (χ3n) is 4.18. The molecule has 0 bridgehead atoms. The van der Waals surface area contributed by atoms with Gasteiger partial charge in [-0.3, -0.25) is 4.90 Å². The van der Waals surface area contributed by atoms with Gasteiger partial charge in [0, 0.05) is 32.0 Å². The van der Waals surface area contributed by atoms with Crippen molar-refractivity contribution in [1.29, 1.82) is 0 Å². The molecule has 1 saturated heterocycles. The summed E-state index contributed by atoms with van der Waals surface area (Å²) in [6, 6.07) is 10.3. The van der Waals surface area contributed by atoms with Crippen LogP contribution >= 0.6 is 0 Å². The summed E-state index contributed by atoms with van der Waals surface area (Å²) in [5, 5.41) is 14.5. The number of hydrogen-bond acceptors (Lipinski definition) is 3. The lowest BCUT2D eigenvalue weighted by Gasteiger charge is -2.49. The van der Waals surface area contributed by atoms with E-state index in [-0.39, 0.29) is 0 Å². The molecule has 2 aromatic rings. The lowest BCUT2D eigenvalue weighted by Crippen LogP contribution is -2.63. The highest BCUT2D eigenvalue weighted by atomic mass is 16.3. The topological polar surface area (TPSA) is 41.3 Å². The summed E-state index contributed by atoms with van der Waals surface area (Å²) >= 11 is 0. The van der Waals surface area contributed by atoms with Gasteiger partial charge in [0.25, 0.3) is 0 Å². The number of aliphatic hydroxyl groups is 1. The van der Waals surface area contributed by atoms with Crippen molar-refractivity contribution in [2.24, 2.45) is 5.92 Å². The number of nitrogens with zero attached hydrogens (tertiary/aromatic N) is 3. The van der Waals surface area contributed by atoms with Gasteiger partial charge in [-0.05, 0) is 29.7 Å². The van der Waals surface area contributed by atoms with Crippen LogP contribution < -0.4 is 0 Å². The quantitative estimate of drug-likeness (QED) is 0.925. The van der Waals surface area contributed by atoms with Gasteiger partial charge in [-0.1, -0.05) is 26.0 Å². The molecule has 0 radical (unpaired) electrons. The predicted molar refractivity (Wildman–Crippen MR) is 78.6 cm³/mol. The number of hydrogen-bond donors (Lipinski definition) is 1. The maximum Gasteiger partial charge on any atom is 0.0923 e.